The highest BCUT2D eigenvalue weighted by molar-refractivity contribution is 5.38. The van der Waals surface area contributed by atoms with Gasteiger partial charge in [0.25, 0.3) is 0 Å². The third-order valence-corrected chi connectivity index (χ3v) is 3.30. The van der Waals surface area contributed by atoms with Crippen molar-refractivity contribution in [2.75, 3.05) is 6.54 Å². The predicted molar refractivity (Wildman–Crippen MR) is 84.4 cm³/mol. The van der Waals surface area contributed by atoms with Crippen molar-refractivity contribution in [2.45, 2.75) is 26.3 Å². The number of rotatable bonds is 6. The van der Waals surface area contributed by atoms with Crippen LogP contribution in [-0.4, -0.2) is 6.54 Å². The maximum absolute atomic E-state index is 8.77. The molecule has 1 N–H and O–H groups in total. The highest BCUT2D eigenvalue weighted by Gasteiger charge is 2.04. The van der Waals surface area contributed by atoms with Crippen LogP contribution in [0.15, 0.2) is 48.5 Å². The minimum absolute atomic E-state index is 0.342. The fourth-order valence-electron chi connectivity index (χ4n) is 2.04. The van der Waals surface area contributed by atoms with Gasteiger partial charge in [0.2, 0.25) is 0 Å². The lowest BCUT2D eigenvalue weighted by molar-refractivity contribution is 0.481. The zero-order valence-electron chi connectivity index (χ0n) is 12.5. The molecule has 2 aromatic rings. The van der Waals surface area contributed by atoms with Gasteiger partial charge in [-0.2, -0.15) is 5.26 Å². The Hall–Kier alpha value is -2.31. The number of nitrogens with one attached hydrogen (secondary N) is 1. The standard InChI is InChI=1S/C18H20N2O/c1-3-12-20-14(2)16-6-10-18(11-7-16)21-17-8-4-15(13-19)5-9-17/h4-11,14,20H,3,12H2,1-2H3. The van der Waals surface area contributed by atoms with Gasteiger partial charge in [-0.05, 0) is 61.9 Å². The highest BCUT2D eigenvalue weighted by atomic mass is 16.5. The van der Waals surface area contributed by atoms with Gasteiger partial charge < -0.3 is 10.1 Å². The van der Waals surface area contributed by atoms with Gasteiger partial charge in [0.05, 0.1) is 11.6 Å². The van der Waals surface area contributed by atoms with Gasteiger partial charge in [-0.15, -0.1) is 0 Å². The first-order valence-corrected chi connectivity index (χ1v) is 7.24. The third kappa shape index (κ3) is 4.34. The molecular formula is C18H20N2O. The lowest BCUT2D eigenvalue weighted by atomic mass is 10.1. The van der Waals surface area contributed by atoms with E-state index in [0.717, 1.165) is 24.5 Å². The van der Waals surface area contributed by atoms with Gasteiger partial charge in [0, 0.05) is 6.04 Å². The molecule has 3 heteroatoms. The number of hydrogen-bond acceptors (Lipinski definition) is 3. The van der Waals surface area contributed by atoms with E-state index in [2.05, 4.69) is 37.4 Å². The minimum Gasteiger partial charge on any atom is -0.457 e. The van der Waals surface area contributed by atoms with Crippen molar-refractivity contribution in [1.29, 1.82) is 5.26 Å². The Morgan fingerprint density at radius 3 is 2.14 bits per heavy atom. The normalized spacial score (nSPS) is 11.7. The first-order valence-electron chi connectivity index (χ1n) is 7.24. The van der Waals surface area contributed by atoms with E-state index in [1.54, 1.807) is 24.3 Å². The number of nitrogens with zero attached hydrogens (tertiary/aromatic N) is 1. The summed E-state index contributed by atoms with van der Waals surface area (Å²) in [5.41, 5.74) is 1.88. The molecule has 3 nitrogen and oxygen atoms in total. The molecule has 0 aliphatic carbocycles. The molecule has 1 atom stereocenters. The molecule has 0 saturated heterocycles. The number of ether oxygens (including phenoxy) is 1. The van der Waals surface area contributed by atoms with Crippen LogP contribution < -0.4 is 10.1 Å². The Bertz CT molecular complexity index is 597. The van der Waals surface area contributed by atoms with Crippen LogP contribution in [-0.2, 0) is 0 Å². The summed E-state index contributed by atoms with van der Waals surface area (Å²) in [6.07, 6.45) is 1.13. The average molecular weight is 280 g/mol. The van der Waals surface area contributed by atoms with Gasteiger partial charge >= 0.3 is 0 Å². The van der Waals surface area contributed by atoms with Crippen LogP contribution in [0, 0.1) is 11.3 Å². The van der Waals surface area contributed by atoms with E-state index >= 15 is 0 Å². The maximum atomic E-state index is 8.77. The minimum atomic E-state index is 0.342. The summed E-state index contributed by atoms with van der Waals surface area (Å²) in [6.45, 7) is 5.34. The van der Waals surface area contributed by atoms with E-state index in [1.807, 2.05) is 12.1 Å². The molecule has 0 aromatic heterocycles. The Balaban J connectivity index is 2.00. The molecule has 0 spiro atoms. The molecule has 0 aliphatic heterocycles. The van der Waals surface area contributed by atoms with Gasteiger partial charge in [-0.1, -0.05) is 19.1 Å². The Morgan fingerprint density at radius 1 is 1.05 bits per heavy atom. The summed E-state index contributed by atoms with van der Waals surface area (Å²) in [7, 11) is 0. The van der Waals surface area contributed by atoms with Crippen molar-refractivity contribution >= 4 is 0 Å². The number of nitriles is 1. The van der Waals surface area contributed by atoms with Crippen molar-refractivity contribution in [3.63, 3.8) is 0 Å². The highest BCUT2D eigenvalue weighted by Crippen LogP contribution is 2.23. The first kappa shape index (κ1) is 15.1. The molecule has 0 heterocycles. The van der Waals surface area contributed by atoms with Crippen LogP contribution in [0.1, 0.15) is 37.4 Å². The molecule has 21 heavy (non-hydrogen) atoms. The molecule has 0 radical (unpaired) electrons. The Labute approximate surface area is 126 Å². The van der Waals surface area contributed by atoms with Gasteiger partial charge in [-0.3, -0.25) is 0 Å². The molecule has 2 rings (SSSR count). The summed E-state index contributed by atoms with van der Waals surface area (Å²) >= 11 is 0. The van der Waals surface area contributed by atoms with Gasteiger partial charge in [-0.25, -0.2) is 0 Å². The lowest BCUT2D eigenvalue weighted by Crippen LogP contribution is -2.19. The second-order valence-electron chi connectivity index (χ2n) is 4.98. The van der Waals surface area contributed by atoms with Crippen molar-refractivity contribution < 1.29 is 4.74 Å². The number of benzene rings is 2. The molecule has 2 aromatic carbocycles. The number of hydrogen-bond donors (Lipinski definition) is 1. The molecule has 0 amide bonds. The van der Waals surface area contributed by atoms with Crippen LogP contribution in [0.4, 0.5) is 0 Å². The van der Waals surface area contributed by atoms with E-state index in [9.17, 15) is 0 Å². The van der Waals surface area contributed by atoms with Crippen LogP contribution in [0.5, 0.6) is 11.5 Å². The Kier molecular flexibility index (Phi) is 5.36. The summed E-state index contributed by atoms with van der Waals surface area (Å²) < 4.78 is 5.76. The summed E-state index contributed by atoms with van der Waals surface area (Å²) in [5, 5.41) is 12.2. The van der Waals surface area contributed by atoms with E-state index in [4.69, 9.17) is 10.00 Å². The smallest absolute Gasteiger partial charge is 0.127 e. The predicted octanol–water partition coefficient (Wildman–Crippen LogP) is 4.41. The van der Waals surface area contributed by atoms with Crippen LogP contribution in [0.2, 0.25) is 0 Å². The van der Waals surface area contributed by atoms with E-state index in [1.165, 1.54) is 5.56 Å². The molecule has 0 fully saturated rings. The largest absolute Gasteiger partial charge is 0.457 e. The third-order valence-electron chi connectivity index (χ3n) is 3.30. The summed E-state index contributed by atoms with van der Waals surface area (Å²) in [4.78, 5) is 0. The maximum Gasteiger partial charge on any atom is 0.127 e. The van der Waals surface area contributed by atoms with Crippen LogP contribution in [0.3, 0.4) is 0 Å². The fraction of sp³-hybridized carbons (Fsp3) is 0.278. The summed E-state index contributed by atoms with van der Waals surface area (Å²) in [5.74, 6) is 1.53. The summed E-state index contributed by atoms with van der Waals surface area (Å²) in [6, 6.07) is 17.6. The van der Waals surface area contributed by atoms with Crippen molar-refractivity contribution in [3.8, 4) is 17.6 Å². The van der Waals surface area contributed by atoms with Gasteiger partial charge in [0.1, 0.15) is 11.5 Å². The fourth-order valence-corrected chi connectivity index (χ4v) is 2.04. The first-order chi connectivity index (χ1) is 10.2. The quantitative estimate of drug-likeness (QED) is 0.852. The second kappa shape index (κ2) is 7.47. The van der Waals surface area contributed by atoms with Crippen molar-refractivity contribution in [3.05, 3.63) is 59.7 Å². The van der Waals surface area contributed by atoms with E-state index < -0.39 is 0 Å². The lowest BCUT2D eigenvalue weighted by Gasteiger charge is -2.14. The zero-order valence-corrected chi connectivity index (χ0v) is 12.5. The topological polar surface area (TPSA) is 45.0 Å². The van der Waals surface area contributed by atoms with Crippen LogP contribution >= 0.6 is 0 Å². The average Bonchev–Trinajstić information content (AvgIpc) is 2.54. The second-order valence-corrected chi connectivity index (χ2v) is 4.98. The Morgan fingerprint density at radius 2 is 1.62 bits per heavy atom. The molecular weight excluding hydrogens is 260 g/mol. The molecule has 108 valence electrons. The van der Waals surface area contributed by atoms with Crippen molar-refractivity contribution in [1.82, 2.24) is 5.32 Å². The van der Waals surface area contributed by atoms with E-state index in [-0.39, 0.29) is 0 Å². The van der Waals surface area contributed by atoms with Crippen LogP contribution in [0.25, 0.3) is 0 Å². The molecule has 0 saturated carbocycles. The van der Waals surface area contributed by atoms with Gasteiger partial charge in [0.15, 0.2) is 0 Å². The van der Waals surface area contributed by atoms with E-state index in [0.29, 0.717) is 11.6 Å². The van der Waals surface area contributed by atoms with Crippen molar-refractivity contribution in [2.24, 2.45) is 0 Å². The zero-order chi connectivity index (χ0) is 15.1. The monoisotopic (exact) mass is 280 g/mol. The molecule has 0 aliphatic rings. The molecule has 0 bridgehead atoms. The molecule has 1 unspecified atom stereocenters. The SMILES string of the molecule is CCCNC(C)c1ccc(Oc2ccc(C#N)cc2)cc1.